The van der Waals surface area contributed by atoms with Crippen LogP contribution in [0.4, 0.5) is 4.79 Å². The van der Waals surface area contributed by atoms with Crippen LogP contribution in [0.3, 0.4) is 0 Å². The monoisotopic (exact) mass is 308 g/mol. The molecule has 6 nitrogen and oxygen atoms in total. The summed E-state index contributed by atoms with van der Waals surface area (Å²) in [6.07, 6.45) is 7.77. The number of amides is 1. The molecule has 1 aromatic rings. The molecule has 1 aliphatic heterocycles. The van der Waals surface area contributed by atoms with Crippen LogP contribution in [-0.2, 0) is 11.8 Å². The van der Waals surface area contributed by atoms with E-state index in [4.69, 9.17) is 4.74 Å². The van der Waals surface area contributed by atoms with Crippen molar-refractivity contribution in [2.24, 2.45) is 7.05 Å². The summed E-state index contributed by atoms with van der Waals surface area (Å²) in [5, 5.41) is 3.73. The van der Waals surface area contributed by atoms with Gasteiger partial charge < -0.3 is 19.5 Å². The number of nitrogens with one attached hydrogen (secondary N) is 1. The van der Waals surface area contributed by atoms with Crippen LogP contribution in [0.15, 0.2) is 12.4 Å². The first-order valence-electron chi connectivity index (χ1n) is 8.30. The molecule has 0 radical (unpaired) electrons. The van der Waals surface area contributed by atoms with Crippen molar-refractivity contribution >= 4 is 6.09 Å². The van der Waals surface area contributed by atoms with Gasteiger partial charge in [0.05, 0.1) is 12.6 Å². The van der Waals surface area contributed by atoms with Crippen molar-refractivity contribution in [3.63, 3.8) is 0 Å². The van der Waals surface area contributed by atoms with Gasteiger partial charge in [0, 0.05) is 38.6 Å². The van der Waals surface area contributed by atoms with Gasteiger partial charge in [-0.3, -0.25) is 0 Å². The Hall–Kier alpha value is -1.56. The molecular formula is C16H28N4O2. The SMILES string of the molecule is CCC[C@H](NC1CCN(C(=O)OCC)CC1)c1nccn1C. The van der Waals surface area contributed by atoms with Gasteiger partial charge in [-0.2, -0.15) is 0 Å². The van der Waals surface area contributed by atoms with Gasteiger partial charge in [0.1, 0.15) is 5.82 Å². The highest BCUT2D eigenvalue weighted by Crippen LogP contribution is 2.20. The lowest BCUT2D eigenvalue weighted by Crippen LogP contribution is -2.46. The zero-order valence-corrected chi connectivity index (χ0v) is 13.9. The molecule has 0 unspecified atom stereocenters. The summed E-state index contributed by atoms with van der Waals surface area (Å²) in [7, 11) is 2.04. The second-order valence-corrected chi connectivity index (χ2v) is 5.86. The molecule has 1 fully saturated rings. The molecule has 0 saturated carbocycles. The molecule has 0 spiro atoms. The number of likely N-dealkylation sites (tertiary alicyclic amines) is 1. The van der Waals surface area contributed by atoms with E-state index in [1.165, 1.54) is 0 Å². The summed E-state index contributed by atoms with van der Waals surface area (Å²) in [4.78, 5) is 18.0. The van der Waals surface area contributed by atoms with Crippen molar-refractivity contribution in [3.05, 3.63) is 18.2 Å². The summed E-state index contributed by atoms with van der Waals surface area (Å²) in [5.41, 5.74) is 0. The van der Waals surface area contributed by atoms with Crippen LogP contribution in [0.5, 0.6) is 0 Å². The fraction of sp³-hybridized carbons (Fsp3) is 0.750. The number of hydrogen-bond donors (Lipinski definition) is 1. The fourth-order valence-electron chi connectivity index (χ4n) is 3.02. The molecule has 1 aliphatic rings. The average Bonchev–Trinajstić information content (AvgIpc) is 2.94. The average molecular weight is 308 g/mol. The first kappa shape index (κ1) is 16.8. The molecular weight excluding hydrogens is 280 g/mol. The van der Waals surface area contributed by atoms with Gasteiger partial charge in [-0.1, -0.05) is 13.3 Å². The lowest BCUT2D eigenvalue weighted by Gasteiger charge is -2.33. The topological polar surface area (TPSA) is 59.4 Å². The maximum absolute atomic E-state index is 11.7. The molecule has 1 aromatic heterocycles. The molecule has 0 aromatic carbocycles. The predicted molar refractivity (Wildman–Crippen MR) is 85.6 cm³/mol. The summed E-state index contributed by atoms with van der Waals surface area (Å²) in [5.74, 6) is 1.09. The van der Waals surface area contributed by atoms with Crippen LogP contribution in [0, 0.1) is 0 Å². The number of nitrogens with zero attached hydrogens (tertiary/aromatic N) is 3. The molecule has 1 saturated heterocycles. The number of imidazole rings is 1. The Balaban J connectivity index is 1.88. The van der Waals surface area contributed by atoms with Gasteiger partial charge in [0.15, 0.2) is 0 Å². The number of aromatic nitrogens is 2. The van der Waals surface area contributed by atoms with E-state index in [9.17, 15) is 4.79 Å². The number of rotatable bonds is 6. The van der Waals surface area contributed by atoms with Crippen LogP contribution in [0.2, 0.25) is 0 Å². The standard InChI is InChI=1S/C16H28N4O2/c1-4-6-14(15-17-9-12-19(15)3)18-13-7-10-20(11-8-13)16(21)22-5-2/h9,12-14,18H,4-8,10-11H2,1-3H3/t14-/m0/s1. The van der Waals surface area contributed by atoms with E-state index in [1.807, 2.05) is 26.4 Å². The van der Waals surface area contributed by atoms with E-state index in [0.717, 1.165) is 44.6 Å². The molecule has 2 rings (SSSR count). The molecule has 1 amide bonds. The molecule has 22 heavy (non-hydrogen) atoms. The summed E-state index contributed by atoms with van der Waals surface area (Å²) in [6, 6.07) is 0.711. The van der Waals surface area contributed by atoms with Gasteiger partial charge in [0.2, 0.25) is 0 Å². The number of carbonyl (C=O) groups is 1. The van der Waals surface area contributed by atoms with Crippen LogP contribution in [-0.4, -0.2) is 46.3 Å². The number of aryl methyl sites for hydroxylation is 1. The number of hydrogen-bond acceptors (Lipinski definition) is 4. The van der Waals surface area contributed by atoms with Crippen molar-refractivity contribution in [3.8, 4) is 0 Å². The second kappa shape index (κ2) is 8.17. The van der Waals surface area contributed by atoms with Crippen LogP contribution < -0.4 is 5.32 Å². The van der Waals surface area contributed by atoms with Gasteiger partial charge in [-0.05, 0) is 26.2 Å². The highest BCUT2D eigenvalue weighted by atomic mass is 16.6. The minimum atomic E-state index is -0.185. The van der Waals surface area contributed by atoms with E-state index < -0.39 is 0 Å². The second-order valence-electron chi connectivity index (χ2n) is 5.86. The maximum atomic E-state index is 11.7. The van der Waals surface area contributed by atoms with Crippen molar-refractivity contribution in [1.29, 1.82) is 0 Å². The lowest BCUT2D eigenvalue weighted by molar-refractivity contribution is 0.0939. The third kappa shape index (κ3) is 4.22. The molecule has 124 valence electrons. The minimum Gasteiger partial charge on any atom is -0.450 e. The van der Waals surface area contributed by atoms with E-state index in [0.29, 0.717) is 12.6 Å². The molecule has 1 atom stereocenters. The van der Waals surface area contributed by atoms with Crippen LogP contribution >= 0.6 is 0 Å². The first-order chi connectivity index (χ1) is 10.7. The van der Waals surface area contributed by atoms with Gasteiger partial charge in [-0.25, -0.2) is 9.78 Å². The third-order valence-electron chi connectivity index (χ3n) is 4.21. The number of ether oxygens (including phenoxy) is 1. The van der Waals surface area contributed by atoms with Gasteiger partial charge >= 0.3 is 6.09 Å². The highest BCUT2D eigenvalue weighted by molar-refractivity contribution is 5.67. The zero-order chi connectivity index (χ0) is 15.9. The molecule has 2 heterocycles. The van der Waals surface area contributed by atoms with Crippen molar-refractivity contribution < 1.29 is 9.53 Å². The quantitative estimate of drug-likeness (QED) is 0.877. The van der Waals surface area contributed by atoms with E-state index in [-0.39, 0.29) is 12.1 Å². The molecule has 1 N–H and O–H groups in total. The van der Waals surface area contributed by atoms with E-state index in [2.05, 4.69) is 21.8 Å². The van der Waals surface area contributed by atoms with Crippen molar-refractivity contribution in [2.45, 2.75) is 51.6 Å². The zero-order valence-electron chi connectivity index (χ0n) is 13.9. The Labute approximate surface area is 132 Å². The number of piperidine rings is 1. The fourth-order valence-corrected chi connectivity index (χ4v) is 3.02. The molecule has 0 bridgehead atoms. The van der Waals surface area contributed by atoms with Crippen molar-refractivity contribution in [1.82, 2.24) is 19.8 Å². The summed E-state index contributed by atoms with van der Waals surface area (Å²) >= 11 is 0. The summed E-state index contributed by atoms with van der Waals surface area (Å²) in [6.45, 7) is 6.00. The largest absolute Gasteiger partial charge is 0.450 e. The Morgan fingerprint density at radius 3 is 2.73 bits per heavy atom. The van der Waals surface area contributed by atoms with E-state index >= 15 is 0 Å². The van der Waals surface area contributed by atoms with Gasteiger partial charge in [-0.15, -0.1) is 0 Å². The first-order valence-corrected chi connectivity index (χ1v) is 8.30. The van der Waals surface area contributed by atoms with Crippen LogP contribution in [0.25, 0.3) is 0 Å². The van der Waals surface area contributed by atoms with Crippen molar-refractivity contribution in [2.75, 3.05) is 19.7 Å². The van der Waals surface area contributed by atoms with Crippen LogP contribution in [0.1, 0.15) is 51.4 Å². The Morgan fingerprint density at radius 1 is 1.45 bits per heavy atom. The Morgan fingerprint density at radius 2 is 2.18 bits per heavy atom. The molecule has 6 heteroatoms. The highest BCUT2D eigenvalue weighted by Gasteiger charge is 2.26. The lowest BCUT2D eigenvalue weighted by atomic mass is 10.0. The maximum Gasteiger partial charge on any atom is 0.409 e. The molecule has 0 aliphatic carbocycles. The Bertz CT molecular complexity index is 466. The normalized spacial score (nSPS) is 17.5. The van der Waals surface area contributed by atoms with E-state index in [1.54, 1.807) is 4.90 Å². The smallest absolute Gasteiger partial charge is 0.409 e. The third-order valence-corrected chi connectivity index (χ3v) is 4.21. The Kier molecular flexibility index (Phi) is 6.24. The summed E-state index contributed by atoms with van der Waals surface area (Å²) < 4.78 is 7.15. The van der Waals surface area contributed by atoms with Gasteiger partial charge in [0.25, 0.3) is 0 Å². The number of carbonyl (C=O) groups excluding carboxylic acids is 1. The predicted octanol–water partition coefficient (Wildman–Crippen LogP) is 2.47. The minimum absolute atomic E-state index is 0.185.